The Morgan fingerprint density at radius 3 is 2.50 bits per heavy atom. The van der Waals surface area contributed by atoms with E-state index in [0.717, 1.165) is 6.07 Å². The van der Waals surface area contributed by atoms with Gasteiger partial charge in [0, 0.05) is 36.0 Å². The number of rotatable bonds is 2. The van der Waals surface area contributed by atoms with Gasteiger partial charge in [0.05, 0.1) is 19.4 Å². The number of nitrogen functional groups attached to an aromatic ring is 1. The Morgan fingerprint density at radius 1 is 1.15 bits per heavy atom. The van der Waals surface area contributed by atoms with E-state index in [1.807, 2.05) is 4.90 Å². The molecule has 0 bridgehead atoms. The maximum absolute atomic E-state index is 13.6. The zero-order valence-electron chi connectivity index (χ0n) is 10.7. The molecule has 0 saturated carbocycles. The molecule has 0 spiro atoms. The number of anilines is 2. The number of halogens is 2. The quantitative estimate of drug-likeness (QED) is 0.880. The second-order valence-electron chi connectivity index (χ2n) is 4.58. The molecule has 0 radical (unpaired) electrons. The van der Waals surface area contributed by atoms with Gasteiger partial charge in [-0.15, -0.1) is 0 Å². The van der Waals surface area contributed by atoms with E-state index >= 15 is 0 Å². The number of H-pyrrole nitrogens is 1. The number of nitrogens with zero attached hydrogens (tertiary/aromatic N) is 2. The van der Waals surface area contributed by atoms with Crippen LogP contribution in [0.15, 0.2) is 18.3 Å². The van der Waals surface area contributed by atoms with Gasteiger partial charge in [-0.3, -0.25) is 5.10 Å². The third kappa shape index (κ3) is 2.20. The van der Waals surface area contributed by atoms with Crippen molar-refractivity contribution in [2.45, 2.75) is 0 Å². The molecule has 1 aromatic heterocycles. The van der Waals surface area contributed by atoms with E-state index in [1.54, 1.807) is 0 Å². The topological polar surface area (TPSA) is 67.2 Å². The molecule has 3 rings (SSSR count). The Balaban J connectivity index is 2.11. The molecule has 1 aromatic carbocycles. The molecule has 0 atom stereocenters. The standard InChI is InChI=1S/C13H14F2N4O/c14-10-5-8(9-7-17-18-13(9)16)12(6-11(10)15)19-1-3-20-4-2-19/h5-7H,1-4H2,(H3,16,17,18). The van der Waals surface area contributed by atoms with Crippen LogP contribution in [0.2, 0.25) is 0 Å². The maximum atomic E-state index is 13.6. The highest BCUT2D eigenvalue weighted by Gasteiger charge is 2.20. The van der Waals surface area contributed by atoms with Crippen LogP contribution in [0.5, 0.6) is 0 Å². The van der Waals surface area contributed by atoms with Crippen LogP contribution in [0.4, 0.5) is 20.3 Å². The minimum absolute atomic E-state index is 0.325. The summed E-state index contributed by atoms with van der Waals surface area (Å²) in [5, 5.41) is 6.43. The van der Waals surface area contributed by atoms with Gasteiger partial charge >= 0.3 is 0 Å². The van der Waals surface area contributed by atoms with Gasteiger partial charge in [-0.25, -0.2) is 8.78 Å². The first-order valence-electron chi connectivity index (χ1n) is 6.28. The highest BCUT2D eigenvalue weighted by Crippen LogP contribution is 2.35. The molecule has 7 heteroatoms. The summed E-state index contributed by atoms with van der Waals surface area (Å²) in [5.41, 5.74) is 7.46. The smallest absolute Gasteiger partial charge is 0.160 e. The van der Waals surface area contributed by atoms with Crippen molar-refractivity contribution in [3.63, 3.8) is 0 Å². The monoisotopic (exact) mass is 280 g/mol. The number of hydrogen-bond acceptors (Lipinski definition) is 4. The Bertz CT molecular complexity index is 623. The van der Waals surface area contributed by atoms with Crippen LogP contribution in [0.3, 0.4) is 0 Å². The van der Waals surface area contributed by atoms with Crippen molar-refractivity contribution >= 4 is 11.5 Å². The number of morpholine rings is 1. The SMILES string of the molecule is Nc1[nH]ncc1-c1cc(F)c(F)cc1N1CCOCC1. The molecule has 3 N–H and O–H groups in total. The Morgan fingerprint density at radius 2 is 1.85 bits per heavy atom. The van der Waals surface area contributed by atoms with E-state index < -0.39 is 11.6 Å². The number of benzene rings is 1. The van der Waals surface area contributed by atoms with Crippen LogP contribution >= 0.6 is 0 Å². The van der Waals surface area contributed by atoms with Gasteiger partial charge in [0.1, 0.15) is 5.82 Å². The molecule has 0 aliphatic carbocycles. The number of ether oxygens (including phenoxy) is 1. The third-order valence-electron chi connectivity index (χ3n) is 3.35. The molecular weight excluding hydrogens is 266 g/mol. The molecule has 1 aliphatic heterocycles. The molecule has 0 amide bonds. The first-order valence-corrected chi connectivity index (χ1v) is 6.28. The summed E-state index contributed by atoms with van der Waals surface area (Å²) in [5.74, 6) is -1.46. The lowest BCUT2D eigenvalue weighted by molar-refractivity contribution is 0.122. The van der Waals surface area contributed by atoms with E-state index in [2.05, 4.69) is 10.2 Å². The Kier molecular flexibility index (Phi) is 3.27. The van der Waals surface area contributed by atoms with Crippen molar-refractivity contribution in [1.29, 1.82) is 0 Å². The highest BCUT2D eigenvalue weighted by atomic mass is 19.2. The minimum atomic E-state index is -0.905. The summed E-state index contributed by atoms with van der Waals surface area (Å²) in [4.78, 5) is 1.95. The molecule has 1 fully saturated rings. The highest BCUT2D eigenvalue weighted by molar-refractivity contribution is 5.84. The number of aromatic nitrogens is 2. The molecule has 1 aliphatic rings. The average Bonchev–Trinajstić information content (AvgIpc) is 2.88. The molecule has 20 heavy (non-hydrogen) atoms. The largest absolute Gasteiger partial charge is 0.384 e. The molecule has 2 aromatic rings. The molecule has 1 saturated heterocycles. The van der Waals surface area contributed by atoms with Crippen LogP contribution in [0.1, 0.15) is 0 Å². The van der Waals surface area contributed by atoms with Gasteiger partial charge in [-0.2, -0.15) is 5.10 Å². The molecular formula is C13H14F2N4O. The first-order chi connectivity index (χ1) is 9.66. The predicted octanol–water partition coefficient (Wildman–Crippen LogP) is 1.77. The van der Waals surface area contributed by atoms with Crippen molar-refractivity contribution in [1.82, 2.24) is 10.2 Å². The second-order valence-corrected chi connectivity index (χ2v) is 4.58. The van der Waals surface area contributed by atoms with Crippen LogP contribution in [-0.2, 0) is 4.74 Å². The van der Waals surface area contributed by atoms with Gasteiger partial charge in [0.2, 0.25) is 0 Å². The number of nitrogens with one attached hydrogen (secondary N) is 1. The van der Waals surface area contributed by atoms with Crippen molar-refractivity contribution in [2.24, 2.45) is 0 Å². The van der Waals surface area contributed by atoms with Gasteiger partial charge in [0.15, 0.2) is 11.6 Å². The summed E-state index contributed by atoms with van der Waals surface area (Å²) in [6.07, 6.45) is 1.51. The summed E-state index contributed by atoms with van der Waals surface area (Å²) in [7, 11) is 0. The molecule has 5 nitrogen and oxygen atoms in total. The van der Waals surface area contributed by atoms with E-state index in [1.165, 1.54) is 12.3 Å². The number of nitrogens with two attached hydrogens (primary N) is 1. The normalized spacial score (nSPS) is 15.6. The predicted molar refractivity (Wildman–Crippen MR) is 71.4 cm³/mol. The molecule has 2 heterocycles. The summed E-state index contributed by atoms with van der Waals surface area (Å²) in [6, 6.07) is 2.35. The van der Waals surface area contributed by atoms with E-state index in [9.17, 15) is 8.78 Å². The van der Waals surface area contributed by atoms with Crippen LogP contribution in [-0.4, -0.2) is 36.5 Å². The van der Waals surface area contributed by atoms with Crippen molar-refractivity contribution in [3.8, 4) is 11.1 Å². The fourth-order valence-corrected chi connectivity index (χ4v) is 2.33. The lowest BCUT2D eigenvalue weighted by Crippen LogP contribution is -2.36. The van der Waals surface area contributed by atoms with E-state index in [-0.39, 0.29) is 0 Å². The van der Waals surface area contributed by atoms with Crippen LogP contribution in [0.25, 0.3) is 11.1 Å². The van der Waals surface area contributed by atoms with Crippen molar-refractivity contribution in [2.75, 3.05) is 36.9 Å². The van der Waals surface area contributed by atoms with Crippen molar-refractivity contribution < 1.29 is 13.5 Å². The fourth-order valence-electron chi connectivity index (χ4n) is 2.33. The number of hydrogen-bond donors (Lipinski definition) is 2. The minimum Gasteiger partial charge on any atom is -0.384 e. The summed E-state index contributed by atoms with van der Waals surface area (Å²) >= 11 is 0. The van der Waals surface area contributed by atoms with Gasteiger partial charge in [-0.1, -0.05) is 0 Å². The van der Waals surface area contributed by atoms with Gasteiger partial charge in [0.25, 0.3) is 0 Å². The second kappa shape index (κ2) is 5.09. The fraction of sp³-hybridized carbons (Fsp3) is 0.308. The average molecular weight is 280 g/mol. The maximum Gasteiger partial charge on any atom is 0.160 e. The Labute approximate surface area is 114 Å². The lowest BCUT2D eigenvalue weighted by atomic mass is 10.0. The van der Waals surface area contributed by atoms with E-state index in [4.69, 9.17) is 10.5 Å². The summed E-state index contributed by atoms with van der Waals surface area (Å²) < 4.78 is 32.4. The zero-order valence-corrected chi connectivity index (χ0v) is 10.7. The zero-order chi connectivity index (χ0) is 14.1. The molecule has 0 unspecified atom stereocenters. The summed E-state index contributed by atoms with van der Waals surface area (Å²) in [6.45, 7) is 2.35. The van der Waals surface area contributed by atoms with Crippen LogP contribution in [0, 0.1) is 11.6 Å². The van der Waals surface area contributed by atoms with Gasteiger partial charge in [-0.05, 0) is 6.07 Å². The Hall–Kier alpha value is -2.15. The first kappa shape index (κ1) is 12.9. The van der Waals surface area contributed by atoms with Crippen molar-refractivity contribution in [3.05, 3.63) is 30.0 Å². The van der Waals surface area contributed by atoms with Crippen LogP contribution < -0.4 is 10.6 Å². The lowest BCUT2D eigenvalue weighted by Gasteiger charge is -2.30. The van der Waals surface area contributed by atoms with E-state index in [0.29, 0.717) is 48.9 Å². The molecule has 106 valence electrons. The van der Waals surface area contributed by atoms with Gasteiger partial charge < -0.3 is 15.4 Å². The third-order valence-corrected chi connectivity index (χ3v) is 3.35. The number of aromatic amines is 1.